The van der Waals surface area contributed by atoms with Crippen molar-refractivity contribution in [3.05, 3.63) is 90.0 Å². The second-order valence-electron chi connectivity index (χ2n) is 6.02. The average Bonchev–Trinajstić information content (AvgIpc) is 2.74. The van der Waals surface area contributed by atoms with Crippen molar-refractivity contribution in [1.82, 2.24) is 0 Å². The Morgan fingerprint density at radius 2 is 1.59 bits per heavy atom. The fraction of sp³-hybridized carbons (Fsp3) is 0.0455. The van der Waals surface area contributed by atoms with Crippen LogP contribution in [-0.2, 0) is 4.79 Å². The summed E-state index contributed by atoms with van der Waals surface area (Å²) >= 11 is 0. The highest BCUT2D eigenvalue weighted by atomic mass is 16.5. The van der Waals surface area contributed by atoms with Gasteiger partial charge in [-0.05, 0) is 66.2 Å². The molecular weight excluding hydrogens is 370 g/mol. The second kappa shape index (κ2) is 9.70. The molecule has 0 bridgehead atoms. The predicted octanol–water partition coefficient (Wildman–Crippen LogP) is 3.85. The van der Waals surface area contributed by atoms with Crippen LogP contribution in [0.3, 0.4) is 0 Å². The Balaban J connectivity index is 1.46. The molecule has 3 aromatic carbocycles. The minimum atomic E-state index is -0.972. The van der Waals surface area contributed by atoms with E-state index in [1.807, 2.05) is 30.3 Å². The van der Waals surface area contributed by atoms with E-state index in [1.54, 1.807) is 42.6 Å². The number of carboxylic acids is 1. The second-order valence-corrected chi connectivity index (χ2v) is 6.02. The number of hydrazone groups is 1. The van der Waals surface area contributed by atoms with Gasteiger partial charge in [0, 0.05) is 5.69 Å². The lowest BCUT2D eigenvalue weighted by Crippen LogP contribution is -2.20. The molecule has 7 nitrogen and oxygen atoms in total. The Morgan fingerprint density at radius 1 is 0.897 bits per heavy atom. The first-order chi connectivity index (χ1) is 14.1. The summed E-state index contributed by atoms with van der Waals surface area (Å²) in [6.45, 7) is -0.0871. The molecule has 0 atom stereocenters. The number of carboxylic acid groups (broad SMARTS) is 1. The Labute approximate surface area is 167 Å². The quantitative estimate of drug-likeness (QED) is 0.401. The van der Waals surface area contributed by atoms with Crippen molar-refractivity contribution < 1.29 is 19.4 Å². The molecule has 3 rings (SSSR count). The highest BCUT2D eigenvalue weighted by Crippen LogP contribution is 2.13. The minimum Gasteiger partial charge on any atom is -0.484 e. The third-order valence-electron chi connectivity index (χ3n) is 3.85. The van der Waals surface area contributed by atoms with Crippen LogP contribution < -0.4 is 15.5 Å². The normalized spacial score (nSPS) is 10.5. The smallest absolute Gasteiger partial charge is 0.335 e. The van der Waals surface area contributed by atoms with E-state index in [1.165, 1.54) is 12.1 Å². The summed E-state index contributed by atoms with van der Waals surface area (Å²) in [5, 5.41) is 15.7. The van der Waals surface area contributed by atoms with E-state index in [0.29, 0.717) is 11.4 Å². The van der Waals surface area contributed by atoms with E-state index >= 15 is 0 Å². The lowest BCUT2D eigenvalue weighted by atomic mass is 10.2. The van der Waals surface area contributed by atoms with Gasteiger partial charge in [0.2, 0.25) is 0 Å². The summed E-state index contributed by atoms with van der Waals surface area (Å²) < 4.78 is 5.48. The fourth-order valence-corrected chi connectivity index (χ4v) is 2.39. The number of hydrogen-bond donors (Lipinski definition) is 3. The third kappa shape index (κ3) is 6.21. The summed E-state index contributed by atoms with van der Waals surface area (Å²) in [7, 11) is 0. The molecule has 0 fully saturated rings. The third-order valence-corrected chi connectivity index (χ3v) is 3.85. The number of benzene rings is 3. The van der Waals surface area contributed by atoms with Crippen molar-refractivity contribution >= 4 is 29.5 Å². The van der Waals surface area contributed by atoms with Crippen molar-refractivity contribution in [2.75, 3.05) is 17.3 Å². The van der Waals surface area contributed by atoms with Gasteiger partial charge in [-0.25, -0.2) is 4.79 Å². The van der Waals surface area contributed by atoms with Crippen LogP contribution in [0.25, 0.3) is 0 Å². The maximum atomic E-state index is 11.9. The van der Waals surface area contributed by atoms with Crippen molar-refractivity contribution in [3.8, 4) is 5.75 Å². The monoisotopic (exact) mass is 389 g/mol. The van der Waals surface area contributed by atoms with E-state index in [9.17, 15) is 9.59 Å². The number of nitrogens with one attached hydrogen (secondary N) is 2. The number of aromatic carboxylic acids is 1. The first kappa shape index (κ1) is 19.6. The van der Waals surface area contributed by atoms with Crippen molar-refractivity contribution in [3.63, 3.8) is 0 Å². The zero-order valence-electron chi connectivity index (χ0n) is 15.4. The van der Waals surface area contributed by atoms with Crippen LogP contribution in [0.15, 0.2) is 84.0 Å². The zero-order valence-corrected chi connectivity index (χ0v) is 15.4. The van der Waals surface area contributed by atoms with E-state index < -0.39 is 5.97 Å². The maximum absolute atomic E-state index is 11.9. The molecule has 146 valence electrons. The Morgan fingerprint density at radius 3 is 2.24 bits per heavy atom. The molecule has 0 aliphatic rings. The molecule has 0 saturated carbocycles. The summed E-state index contributed by atoms with van der Waals surface area (Å²) in [4.78, 5) is 22.7. The van der Waals surface area contributed by atoms with Crippen LogP contribution in [0.2, 0.25) is 0 Å². The van der Waals surface area contributed by atoms with Crippen molar-refractivity contribution in [2.45, 2.75) is 0 Å². The first-order valence-corrected chi connectivity index (χ1v) is 8.80. The van der Waals surface area contributed by atoms with Crippen LogP contribution in [0.5, 0.6) is 5.75 Å². The van der Waals surface area contributed by atoms with Gasteiger partial charge in [-0.15, -0.1) is 0 Å². The summed E-state index contributed by atoms with van der Waals surface area (Å²) in [5.74, 6) is -0.637. The van der Waals surface area contributed by atoms with Gasteiger partial charge in [0.05, 0.1) is 17.5 Å². The Kier molecular flexibility index (Phi) is 6.57. The topological polar surface area (TPSA) is 100 Å². The highest BCUT2D eigenvalue weighted by molar-refractivity contribution is 5.91. The van der Waals surface area contributed by atoms with Gasteiger partial charge in [-0.1, -0.05) is 18.2 Å². The molecule has 0 aliphatic carbocycles. The van der Waals surface area contributed by atoms with Gasteiger partial charge in [0.1, 0.15) is 5.75 Å². The number of para-hydroxylation sites is 1. The largest absolute Gasteiger partial charge is 0.484 e. The van der Waals surface area contributed by atoms with Crippen molar-refractivity contribution in [1.29, 1.82) is 0 Å². The van der Waals surface area contributed by atoms with Gasteiger partial charge in [0.25, 0.3) is 5.91 Å². The molecule has 0 unspecified atom stereocenters. The number of nitrogens with zero attached hydrogens (tertiary/aromatic N) is 1. The lowest BCUT2D eigenvalue weighted by Gasteiger charge is -2.07. The molecule has 0 heterocycles. The van der Waals surface area contributed by atoms with Gasteiger partial charge in [-0.2, -0.15) is 5.10 Å². The standard InChI is InChI=1S/C22H19N3O4/c26-21(24-18-4-2-1-3-5-18)15-29-20-12-6-16(7-13-20)14-23-25-19-10-8-17(9-11-19)22(27)28/h1-14,25H,15H2,(H,24,26)(H,27,28). The minimum absolute atomic E-state index is 0.0871. The summed E-state index contributed by atoms with van der Waals surface area (Å²) in [6, 6.07) is 22.6. The van der Waals surface area contributed by atoms with Gasteiger partial charge in [-0.3, -0.25) is 10.2 Å². The number of carbonyl (C=O) groups is 2. The predicted molar refractivity (Wildman–Crippen MR) is 112 cm³/mol. The number of ether oxygens (including phenoxy) is 1. The van der Waals surface area contributed by atoms with E-state index in [0.717, 1.165) is 11.3 Å². The highest BCUT2D eigenvalue weighted by Gasteiger charge is 2.03. The fourth-order valence-electron chi connectivity index (χ4n) is 2.39. The summed E-state index contributed by atoms with van der Waals surface area (Å²) in [6.07, 6.45) is 1.62. The molecule has 0 radical (unpaired) electrons. The van der Waals surface area contributed by atoms with Crippen LogP contribution in [0.1, 0.15) is 15.9 Å². The Bertz CT molecular complexity index is 985. The van der Waals surface area contributed by atoms with Crippen LogP contribution in [0.4, 0.5) is 11.4 Å². The average molecular weight is 389 g/mol. The molecule has 3 aromatic rings. The number of anilines is 2. The maximum Gasteiger partial charge on any atom is 0.335 e. The molecule has 0 aromatic heterocycles. The van der Waals surface area contributed by atoms with Gasteiger partial charge < -0.3 is 15.2 Å². The van der Waals surface area contributed by atoms with Crippen molar-refractivity contribution in [2.24, 2.45) is 5.10 Å². The number of carbonyl (C=O) groups excluding carboxylic acids is 1. The molecular formula is C22H19N3O4. The first-order valence-electron chi connectivity index (χ1n) is 8.80. The van der Waals surface area contributed by atoms with E-state index in [4.69, 9.17) is 9.84 Å². The van der Waals surface area contributed by atoms with Gasteiger partial charge >= 0.3 is 5.97 Å². The SMILES string of the molecule is O=C(COc1ccc(C=NNc2ccc(C(=O)O)cc2)cc1)Nc1ccccc1. The zero-order chi connectivity index (χ0) is 20.5. The molecule has 3 N–H and O–H groups in total. The number of amides is 1. The number of rotatable bonds is 8. The van der Waals surface area contributed by atoms with Crippen LogP contribution >= 0.6 is 0 Å². The van der Waals surface area contributed by atoms with E-state index in [-0.39, 0.29) is 18.1 Å². The van der Waals surface area contributed by atoms with Crippen LogP contribution in [0, 0.1) is 0 Å². The molecule has 0 saturated heterocycles. The summed E-state index contributed by atoms with van der Waals surface area (Å²) in [5.41, 5.74) is 5.28. The molecule has 29 heavy (non-hydrogen) atoms. The molecule has 1 amide bonds. The van der Waals surface area contributed by atoms with E-state index in [2.05, 4.69) is 15.8 Å². The molecule has 7 heteroatoms. The number of hydrogen-bond acceptors (Lipinski definition) is 5. The van der Waals surface area contributed by atoms with Gasteiger partial charge in [0.15, 0.2) is 6.61 Å². The Hall–Kier alpha value is -4.13. The molecule has 0 spiro atoms. The molecule has 0 aliphatic heterocycles. The van der Waals surface area contributed by atoms with Crippen LogP contribution in [-0.4, -0.2) is 29.8 Å². The lowest BCUT2D eigenvalue weighted by molar-refractivity contribution is -0.118.